The molecule has 0 amide bonds. The van der Waals surface area contributed by atoms with Crippen molar-refractivity contribution < 1.29 is 66.5 Å². The van der Waals surface area contributed by atoms with Crippen LogP contribution >= 0.6 is 7.52 Å². The Labute approximate surface area is 193 Å². The first-order valence-corrected chi connectivity index (χ1v) is 10.9. The first kappa shape index (κ1) is 30.0. The fourth-order valence-electron chi connectivity index (χ4n) is 2.86. The lowest BCUT2D eigenvalue weighted by Crippen LogP contribution is -2.60. The van der Waals surface area contributed by atoms with Gasteiger partial charge in [-0.05, 0) is 20.8 Å². The van der Waals surface area contributed by atoms with Gasteiger partial charge in [-0.3, -0.25) is 9.88 Å². The third kappa shape index (κ3) is 4.97. The first-order valence-electron chi connectivity index (χ1n) is 9.34. The van der Waals surface area contributed by atoms with Crippen molar-refractivity contribution in [2.75, 3.05) is 13.7 Å². The molecule has 2 rings (SSSR count). The Morgan fingerprint density at radius 1 is 0.972 bits per heavy atom. The van der Waals surface area contributed by atoms with Crippen LogP contribution in [0.4, 0.5) is 52.7 Å². The molecular formula is C15H16F12N5O3P. The lowest BCUT2D eigenvalue weighted by molar-refractivity contribution is -0.296. The van der Waals surface area contributed by atoms with Gasteiger partial charge in [0.15, 0.2) is 0 Å². The van der Waals surface area contributed by atoms with Gasteiger partial charge in [0, 0.05) is 7.05 Å². The number of halogens is 12. The van der Waals surface area contributed by atoms with E-state index < -0.39 is 67.0 Å². The van der Waals surface area contributed by atoms with Gasteiger partial charge in [0.25, 0.3) is 0 Å². The maximum atomic E-state index is 13.5. The molecule has 0 aromatic carbocycles. The van der Waals surface area contributed by atoms with E-state index in [0.29, 0.717) is 0 Å². The number of hydrogen-bond donors (Lipinski definition) is 1. The Hall–Kier alpha value is -2.24. The third-order valence-electron chi connectivity index (χ3n) is 5.01. The van der Waals surface area contributed by atoms with Crippen LogP contribution in [0.2, 0.25) is 0 Å². The van der Waals surface area contributed by atoms with Gasteiger partial charge in [-0.15, -0.1) is 0 Å². The Balaban J connectivity index is 2.75. The zero-order valence-corrected chi connectivity index (χ0v) is 19.2. The topological polar surface area (TPSA) is 87.9 Å². The Morgan fingerprint density at radius 2 is 1.44 bits per heavy atom. The Bertz CT molecular complexity index is 984. The van der Waals surface area contributed by atoms with Gasteiger partial charge in [0.05, 0.1) is 6.61 Å². The highest BCUT2D eigenvalue weighted by Crippen LogP contribution is 2.64. The van der Waals surface area contributed by atoms with Crippen LogP contribution in [0.1, 0.15) is 20.8 Å². The number of rotatable bonds is 3. The summed E-state index contributed by atoms with van der Waals surface area (Å²) in [7, 11) is -3.08. The summed E-state index contributed by atoms with van der Waals surface area (Å²) in [6.45, 7) is 3.57. The van der Waals surface area contributed by atoms with Gasteiger partial charge in [-0.25, -0.2) is 4.99 Å². The largest absolute Gasteiger partial charge is 0.443 e. The van der Waals surface area contributed by atoms with Crippen LogP contribution in [0, 0.1) is 5.92 Å². The lowest BCUT2D eigenvalue weighted by Gasteiger charge is -2.36. The summed E-state index contributed by atoms with van der Waals surface area (Å²) in [5, 5.41) is -0.0486. The van der Waals surface area contributed by atoms with Crippen LogP contribution in [0.15, 0.2) is 14.7 Å². The number of alkyl halides is 12. The van der Waals surface area contributed by atoms with Gasteiger partial charge < -0.3 is 14.2 Å². The normalized spacial score (nSPS) is 24.8. The zero-order chi connectivity index (χ0) is 28.3. The smallest absolute Gasteiger partial charge is 0.410 e. The minimum absolute atomic E-state index is 0.232. The molecular weight excluding hydrogens is 557 g/mol. The second-order valence-electron chi connectivity index (χ2n) is 7.69. The molecule has 8 nitrogen and oxygen atoms in total. The van der Waals surface area contributed by atoms with Crippen LogP contribution < -0.4 is 5.32 Å². The van der Waals surface area contributed by atoms with Crippen molar-refractivity contribution in [2.24, 2.45) is 20.7 Å². The molecule has 0 saturated carbocycles. The molecule has 2 aliphatic heterocycles. The van der Waals surface area contributed by atoms with Crippen molar-refractivity contribution in [1.29, 1.82) is 0 Å². The molecule has 1 atom stereocenters. The predicted octanol–water partition coefficient (Wildman–Crippen LogP) is 5.19. The number of aliphatic imine (C=N–C) groups is 2. The van der Waals surface area contributed by atoms with E-state index in [1.165, 1.54) is 20.8 Å². The maximum Gasteiger partial charge on any atom is 0.443 e. The summed E-state index contributed by atoms with van der Waals surface area (Å²) in [5.74, 6) is -8.91. The van der Waals surface area contributed by atoms with Crippen LogP contribution in [-0.2, 0) is 13.8 Å². The van der Waals surface area contributed by atoms with Crippen LogP contribution in [0.25, 0.3) is 0 Å². The van der Waals surface area contributed by atoms with Crippen molar-refractivity contribution >= 4 is 25.4 Å². The summed E-state index contributed by atoms with van der Waals surface area (Å²) < 4.78 is 186. The molecule has 0 spiro atoms. The molecule has 0 unspecified atom stereocenters. The van der Waals surface area contributed by atoms with Crippen molar-refractivity contribution in [2.45, 2.75) is 56.4 Å². The average molecular weight is 573 g/mol. The monoisotopic (exact) mass is 573 g/mol. The number of nitrogens with one attached hydrogen (secondary N) is 1. The second kappa shape index (κ2) is 8.66. The van der Waals surface area contributed by atoms with E-state index in [9.17, 15) is 57.3 Å². The molecule has 208 valence electrons. The van der Waals surface area contributed by atoms with E-state index in [4.69, 9.17) is 4.52 Å². The predicted molar refractivity (Wildman–Crippen MR) is 98.0 cm³/mol. The van der Waals surface area contributed by atoms with Crippen molar-refractivity contribution in [3.63, 3.8) is 0 Å². The SMILES string of the molecule is CCO[P@@]1(=O)N=C(NC2=NC(C(F)(F)F)(C(F)(F)F)N=C(C(C(F)(F)F)C(F)(F)F)O2)N(C)C1(C)C. The van der Waals surface area contributed by atoms with E-state index in [1.54, 1.807) is 10.3 Å². The summed E-state index contributed by atoms with van der Waals surface area (Å²) in [6, 6.07) is -2.13. The van der Waals surface area contributed by atoms with Gasteiger partial charge in [0.1, 0.15) is 5.28 Å². The molecule has 2 aliphatic rings. The molecule has 0 fully saturated rings. The highest BCUT2D eigenvalue weighted by atomic mass is 31.2. The lowest BCUT2D eigenvalue weighted by atomic mass is 10.1. The van der Waals surface area contributed by atoms with E-state index in [-0.39, 0.29) is 6.61 Å². The van der Waals surface area contributed by atoms with Gasteiger partial charge in [-0.1, -0.05) is 0 Å². The van der Waals surface area contributed by atoms with Crippen LogP contribution in [-0.4, -0.2) is 72.1 Å². The van der Waals surface area contributed by atoms with Gasteiger partial charge in [0.2, 0.25) is 17.8 Å². The Morgan fingerprint density at radius 3 is 1.83 bits per heavy atom. The number of nitrogens with zero attached hydrogens (tertiary/aromatic N) is 4. The quantitative estimate of drug-likeness (QED) is 0.371. The minimum Gasteiger partial charge on any atom is -0.410 e. The highest BCUT2D eigenvalue weighted by molar-refractivity contribution is 7.59. The van der Waals surface area contributed by atoms with Gasteiger partial charge >= 0.3 is 43.9 Å². The molecule has 0 aromatic rings. The zero-order valence-electron chi connectivity index (χ0n) is 18.3. The van der Waals surface area contributed by atoms with Crippen molar-refractivity contribution in [3.8, 4) is 0 Å². The van der Waals surface area contributed by atoms with E-state index in [1.807, 2.05) is 0 Å². The Kier molecular flexibility index (Phi) is 7.22. The first-order chi connectivity index (χ1) is 15.8. The molecule has 0 radical (unpaired) electrons. The maximum absolute atomic E-state index is 13.5. The number of guanidine groups is 1. The highest BCUT2D eigenvalue weighted by Gasteiger charge is 2.75. The van der Waals surface area contributed by atoms with E-state index >= 15 is 0 Å². The molecule has 1 N–H and O–H groups in total. The van der Waals surface area contributed by atoms with Crippen LogP contribution in [0.3, 0.4) is 0 Å². The number of ether oxygens (including phenoxy) is 1. The summed E-state index contributed by atoms with van der Waals surface area (Å²) in [6.07, 6.45) is -26.3. The molecule has 21 heteroatoms. The van der Waals surface area contributed by atoms with Crippen molar-refractivity contribution in [3.05, 3.63) is 0 Å². The summed E-state index contributed by atoms with van der Waals surface area (Å²) in [4.78, 5) is 4.67. The number of amidine groups is 1. The third-order valence-corrected chi connectivity index (χ3v) is 7.75. The van der Waals surface area contributed by atoms with E-state index in [0.717, 1.165) is 11.9 Å². The molecule has 0 aromatic heterocycles. The number of hydrogen-bond acceptors (Lipinski definition) is 7. The van der Waals surface area contributed by atoms with Gasteiger partial charge in [-0.2, -0.15) is 62.4 Å². The van der Waals surface area contributed by atoms with E-state index in [2.05, 4.69) is 14.5 Å². The summed E-state index contributed by atoms with van der Waals surface area (Å²) >= 11 is 0. The second-order valence-corrected chi connectivity index (χ2v) is 10.3. The summed E-state index contributed by atoms with van der Waals surface area (Å²) in [5.41, 5.74) is -5.82. The molecule has 2 heterocycles. The van der Waals surface area contributed by atoms with Crippen LogP contribution in [0.5, 0.6) is 0 Å². The minimum atomic E-state index is -6.68. The molecule has 36 heavy (non-hydrogen) atoms. The molecule has 0 saturated heterocycles. The van der Waals surface area contributed by atoms with Crippen molar-refractivity contribution in [1.82, 2.24) is 10.2 Å². The molecule has 0 aliphatic carbocycles. The fourth-order valence-corrected chi connectivity index (χ4v) is 4.74. The molecule has 0 bridgehead atoms. The fraction of sp³-hybridized carbons (Fsp3) is 0.800. The standard InChI is InChI=1S/C15H16F12N5O3P/c1-5-34-36(33)10(2,3)32(4)8(31-36)28-9-30-13(14(22,23)24,15(25,26)27)29-7(35-9)6(11(16,17)18)12(19,20)21/h6H,5H2,1-4H3,(H,28,30,31,33)/t36-/m1/s1. The average Bonchev–Trinajstić information content (AvgIpc) is 2.77.